The first-order chi connectivity index (χ1) is 7.96. The third-order valence-corrected chi connectivity index (χ3v) is 2.59. The van der Waals surface area contributed by atoms with Crippen LogP contribution in [0.25, 0.3) is 10.8 Å². The lowest BCUT2D eigenvalue weighted by atomic mass is 10.0. The zero-order chi connectivity index (χ0) is 12.5. The summed E-state index contributed by atoms with van der Waals surface area (Å²) in [6.45, 7) is 6.62. The largest absolute Gasteiger partial charge is 0.371 e. The zero-order valence-corrected chi connectivity index (χ0v) is 10.5. The van der Waals surface area contributed by atoms with Gasteiger partial charge in [-0.3, -0.25) is 0 Å². The van der Waals surface area contributed by atoms with Gasteiger partial charge in [-0.15, -0.1) is 0 Å². The van der Waals surface area contributed by atoms with Crippen LogP contribution >= 0.6 is 0 Å². The molecule has 0 amide bonds. The molecule has 0 aliphatic rings. The summed E-state index contributed by atoms with van der Waals surface area (Å²) >= 11 is 0. The van der Waals surface area contributed by atoms with Crippen LogP contribution in [0.3, 0.4) is 0 Å². The number of rotatable bonds is 2. The monoisotopic (exact) mass is 232 g/mol. The molecule has 0 saturated carbocycles. The maximum absolute atomic E-state index is 13.1. The molecule has 0 radical (unpaired) electrons. The average Bonchev–Trinajstić information content (AvgIpc) is 2.24. The number of ether oxygens (including phenoxy) is 1. The molecule has 0 aromatic heterocycles. The van der Waals surface area contributed by atoms with Crippen LogP contribution in [0.2, 0.25) is 0 Å². The van der Waals surface area contributed by atoms with Crippen molar-refractivity contribution in [2.45, 2.75) is 33.0 Å². The van der Waals surface area contributed by atoms with Crippen molar-refractivity contribution in [3.05, 3.63) is 47.8 Å². The second-order valence-electron chi connectivity index (χ2n) is 5.18. The van der Waals surface area contributed by atoms with E-state index in [2.05, 4.69) is 0 Å². The molecular formula is C15H17FO. The second kappa shape index (κ2) is 4.46. The molecule has 0 bridgehead atoms. The minimum absolute atomic E-state index is 0.164. The minimum Gasteiger partial charge on any atom is -0.371 e. The molecule has 0 atom stereocenters. The van der Waals surface area contributed by atoms with Gasteiger partial charge in [0.05, 0.1) is 12.2 Å². The summed E-state index contributed by atoms with van der Waals surface area (Å²) in [5.41, 5.74) is 0.930. The Kier molecular flexibility index (Phi) is 3.16. The Hall–Kier alpha value is -1.41. The Morgan fingerprint density at radius 2 is 1.88 bits per heavy atom. The summed E-state index contributed by atoms with van der Waals surface area (Å²) in [6, 6.07) is 10.7. The Balaban J connectivity index is 2.34. The fraction of sp³-hybridized carbons (Fsp3) is 0.333. The average molecular weight is 232 g/mol. The van der Waals surface area contributed by atoms with Gasteiger partial charge in [-0.1, -0.05) is 24.3 Å². The van der Waals surface area contributed by atoms with E-state index in [-0.39, 0.29) is 11.4 Å². The Morgan fingerprint density at radius 3 is 2.59 bits per heavy atom. The minimum atomic E-state index is -0.202. The normalized spacial score (nSPS) is 12.0. The quantitative estimate of drug-likeness (QED) is 0.750. The van der Waals surface area contributed by atoms with Crippen LogP contribution < -0.4 is 0 Å². The van der Waals surface area contributed by atoms with Gasteiger partial charge >= 0.3 is 0 Å². The van der Waals surface area contributed by atoms with Gasteiger partial charge in [0.2, 0.25) is 0 Å². The maximum atomic E-state index is 13.1. The van der Waals surface area contributed by atoms with Crippen LogP contribution in [0.4, 0.5) is 4.39 Å². The third kappa shape index (κ3) is 3.04. The lowest BCUT2D eigenvalue weighted by Gasteiger charge is -2.20. The van der Waals surface area contributed by atoms with Crippen molar-refractivity contribution in [2.24, 2.45) is 0 Å². The van der Waals surface area contributed by atoms with Crippen LogP contribution in [-0.2, 0) is 11.3 Å². The van der Waals surface area contributed by atoms with E-state index < -0.39 is 0 Å². The van der Waals surface area contributed by atoms with E-state index in [1.165, 1.54) is 6.07 Å². The van der Waals surface area contributed by atoms with Crippen molar-refractivity contribution in [1.82, 2.24) is 0 Å². The number of halogens is 1. The van der Waals surface area contributed by atoms with Crippen molar-refractivity contribution < 1.29 is 9.13 Å². The topological polar surface area (TPSA) is 9.23 Å². The molecule has 17 heavy (non-hydrogen) atoms. The molecule has 0 spiro atoms. The van der Waals surface area contributed by atoms with Gasteiger partial charge in [-0.25, -0.2) is 4.39 Å². The van der Waals surface area contributed by atoms with Gasteiger partial charge < -0.3 is 4.74 Å². The van der Waals surface area contributed by atoms with Gasteiger partial charge in [-0.05, 0) is 49.2 Å². The molecule has 2 aromatic rings. The SMILES string of the molecule is CC(C)(C)OCc1cccc2cc(F)ccc12. The van der Waals surface area contributed by atoms with E-state index in [0.717, 1.165) is 16.3 Å². The second-order valence-corrected chi connectivity index (χ2v) is 5.18. The Bertz CT molecular complexity index is 526. The molecule has 0 fully saturated rings. The molecule has 0 N–H and O–H groups in total. The van der Waals surface area contributed by atoms with Crippen molar-refractivity contribution >= 4 is 10.8 Å². The molecule has 2 heteroatoms. The van der Waals surface area contributed by atoms with E-state index in [1.54, 1.807) is 6.07 Å². The van der Waals surface area contributed by atoms with Crippen molar-refractivity contribution in [1.29, 1.82) is 0 Å². The smallest absolute Gasteiger partial charge is 0.123 e. The Labute approximate surface area is 101 Å². The lowest BCUT2D eigenvalue weighted by molar-refractivity contribution is -0.0144. The fourth-order valence-electron chi connectivity index (χ4n) is 1.74. The molecule has 2 aromatic carbocycles. The summed E-state index contributed by atoms with van der Waals surface area (Å²) in [7, 11) is 0. The molecule has 0 aliphatic heterocycles. The van der Waals surface area contributed by atoms with Gasteiger partial charge in [0.25, 0.3) is 0 Å². The number of hydrogen-bond donors (Lipinski definition) is 0. The van der Waals surface area contributed by atoms with Crippen LogP contribution in [0.1, 0.15) is 26.3 Å². The summed E-state index contributed by atoms with van der Waals surface area (Å²) in [5.74, 6) is -0.202. The van der Waals surface area contributed by atoms with E-state index in [4.69, 9.17) is 4.74 Å². The van der Waals surface area contributed by atoms with E-state index in [9.17, 15) is 4.39 Å². The summed E-state index contributed by atoms with van der Waals surface area (Å²) in [4.78, 5) is 0. The molecular weight excluding hydrogens is 215 g/mol. The number of benzene rings is 2. The van der Waals surface area contributed by atoms with Crippen LogP contribution in [0.5, 0.6) is 0 Å². The number of fused-ring (bicyclic) bond motifs is 1. The van der Waals surface area contributed by atoms with Crippen molar-refractivity contribution in [3.8, 4) is 0 Å². The van der Waals surface area contributed by atoms with Gasteiger partial charge in [0, 0.05) is 0 Å². The molecule has 0 heterocycles. The molecule has 0 aliphatic carbocycles. The van der Waals surface area contributed by atoms with E-state index in [1.807, 2.05) is 45.0 Å². The predicted molar refractivity (Wildman–Crippen MR) is 68.4 cm³/mol. The molecule has 0 unspecified atom stereocenters. The fourth-order valence-corrected chi connectivity index (χ4v) is 1.74. The lowest BCUT2D eigenvalue weighted by Crippen LogP contribution is -2.18. The highest BCUT2D eigenvalue weighted by molar-refractivity contribution is 5.85. The molecule has 90 valence electrons. The van der Waals surface area contributed by atoms with Gasteiger partial charge in [0.1, 0.15) is 5.82 Å². The van der Waals surface area contributed by atoms with Gasteiger partial charge in [-0.2, -0.15) is 0 Å². The first-order valence-corrected chi connectivity index (χ1v) is 5.77. The zero-order valence-electron chi connectivity index (χ0n) is 10.5. The summed E-state index contributed by atoms with van der Waals surface area (Å²) < 4.78 is 18.9. The predicted octanol–water partition coefficient (Wildman–Crippen LogP) is 4.29. The van der Waals surface area contributed by atoms with Crippen LogP contribution in [0.15, 0.2) is 36.4 Å². The summed E-state index contributed by atoms with van der Waals surface area (Å²) in [5, 5.41) is 1.97. The van der Waals surface area contributed by atoms with Crippen molar-refractivity contribution in [3.63, 3.8) is 0 Å². The molecule has 1 nitrogen and oxygen atoms in total. The van der Waals surface area contributed by atoms with E-state index >= 15 is 0 Å². The Morgan fingerprint density at radius 1 is 1.12 bits per heavy atom. The highest BCUT2D eigenvalue weighted by Gasteiger charge is 2.11. The van der Waals surface area contributed by atoms with Crippen LogP contribution in [0, 0.1) is 5.82 Å². The molecule has 0 saturated heterocycles. The maximum Gasteiger partial charge on any atom is 0.123 e. The highest BCUT2D eigenvalue weighted by atomic mass is 19.1. The van der Waals surface area contributed by atoms with Gasteiger partial charge in [0.15, 0.2) is 0 Å². The third-order valence-electron chi connectivity index (χ3n) is 2.59. The highest BCUT2D eigenvalue weighted by Crippen LogP contribution is 2.22. The number of hydrogen-bond acceptors (Lipinski definition) is 1. The van der Waals surface area contributed by atoms with Crippen molar-refractivity contribution in [2.75, 3.05) is 0 Å². The standard InChI is InChI=1S/C15H17FO/c1-15(2,3)17-10-12-6-4-5-11-9-13(16)7-8-14(11)12/h4-9H,10H2,1-3H3. The van der Waals surface area contributed by atoms with E-state index in [0.29, 0.717) is 6.61 Å². The molecule has 2 rings (SSSR count). The summed E-state index contributed by atoms with van der Waals surface area (Å²) in [6.07, 6.45) is 0. The van der Waals surface area contributed by atoms with Crippen LogP contribution in [-0.4, -0.2) is 5.60 Å². The first-order valence-electron chi connectivity index (χ1n) is 5.77. The first kappa shape index (κ1) is 12.1.